The maximum atomic E-state index is 11.1. The number of benzene rings is 3. The number of hydrogen-bond donors (Lipinski definition) is 4. The summed E-state index contributed by atoms with van der Waals surface area (Å²) in [5, 5.41) is 25.3. The molecule has 0 fully saturated rings. The number of carboxylic acid groups (broad SMARTS) is 1. The molecule has 0 aliphatic carbocycles. The zero-order chi connectivity index (χ0) is 21.2. The fourth-order valence-electron chi connectivity index (χ4n) is 3.08. The average Bonchev–Trinajstić information content (AvgIpc) is 2.77. The first kappa shape index (κ1) is 21.7. The maximum Gasteiger partial charge on any atom is 0.404 e. The van der Waals surface area contributed by atoms with Crippen LogP contribution < -0.4 is 10.6 Å². The van der Waals surface area contributed by atoms with Crippen molar-refractivity contribution in [1.29, 1.82) is 0 Å². The molecule has 0 bridgehead atoms. The summed E-state index contributed by atoms with van der Waals surface area (Å²) in [6.45, 7) is 0.244. The van der Waals surface area contributed by atoms with Crippen LogP contribution in [0.3, 0.4) is 0 Å². The Hall–Kier alpha value is -2.96. The van der Waals surface area contributed by atoms with E-state index >= 15 is 0 Å². The van der Waals surface area contributed by atoms with Crippen LogP contribution >= 0.6 is 11.8 Å². The summed E-state index contributed by atoms with van der Waals surface area (Å²) >= 11 is 1.77. The first-order chi connectivity index (χ1) is 14.6. The minimum Gasteiger partial charge on any atom is -0.465 e. The molecule has 3 aromatic carbocycles. The van der Waals surface area contributed by atoms with Crippen molar-refractivity contribution in [1.82, 2.24) is 5.32 Å². The van der Waals surface area contributed by atoms with Gasteiger partial charge in [-0.3, -0.25) is 0 Å². The van der Waals surface area contributed by atoms with Gasteiger partial charge in [-0.25, -0.2) is 4.79 Å². The fraction of sp³-hybridized carbons (Fsp3) is 0.208. The van der Waals surface area contributed by atoms with Crippen molar-refractivity contribution >= 4 is 23.5 Å². The monoisotopic (exact) mass is 422 g/mol. The number of anilines is 1. The van der Waals surface area contributed by atoms with Gasteiger partial charge in [0.05, 0.1) is 12.1 Å². The van der Waals surface area contributed by atoms with Crippen LogP contribution in [0.5, 0.6) is 0 Å². The van der Waals surface area contributed by atoms with Crippen molar-refractivity contribution in [2.75, 3.05) is 11.9 Å². The van der Waals surface area contributed by atoms with E-state index in [1.165, 1.54) is 10.5 Å². The molecular formula is C24H26N2O3S. The Morgan fingerprint density at radius 2 is 1.47 bits per heavy atom. The number of amides is 1. The fourth-order valence-corrected chi connectivity index (χ4v) is 3.94. The van der Waals surface area contributed by atoms with Gasteiger partial charge < -0.3 is 20.8 Å². The third-order valence-corrected chi connectivity index (χ3v) is 5.77. The van der Waals surface area contributed by atoms with E-state index in [0.717, 1.165) is 17.0 Å². The molecule has 1 unspecified atom stereocenters. The van der Waals surface area contributed by atoms with E-state index in [4.69, 9.17) is 5.11 Å². The van der Waals surface area contributed by atoms with Gasteiger partial charge in [-0.05, 0) is 41.8 Å². The van der Waals surface area contributed by atoms with Crippen LogP contribution in [0.2, 0.25) is 0 Å². The van der Waals surface area contributed by atoms with E-state index in [-0.39, 0.29) is 6.54 Å². The van der Waals surface area contributed by atoms with Crippen molar-refractivity contribution < 1.29 is 15.0 Å². The number of aliphatic hydroxyl groups excluding tert-OH is 1. The van der Waals surface area contributed by atoms with Gasteiger partial charge in [-0.15, -0.1) is 11.8 Å². The van der Waals surface area contributed by atoms with Gasteiger partial charge in [0.1, 0.15) is 0 Å². The predicted molar refractivity (Wildman–Crippen MR) is 122 cm³/mol. The summed E-state index contributed by atoms with van der Waals surface area (Å²) in [5.74, 6) is 0.911. The predicted octanol–water partition coefficient (Wildman–Crippen LogP) is 4.63. The topological polar surface area (TPSA) is 81.6 Å². The molecule has 3 rings (SSSR count). The zero-order valence-corrected chi connectivity index (χ0v) is 17.4. The lowest BCUT2D eigenvalue weighted by molar-refractivity contribution is 0.128. The van der Waals surface area contributed by atoms with E-state index in [2.05, 4.69) is 22.8 Å². The number of aliphatic hydroxyl groups is 1. The molecule has 0 aliphatic rings. The molecule has 1 amide bonds. The van der Waals surface area contributed by atoms with Crippen molar-refractivity contribution in [2.24, 2.45) is 0 Å². The Bertz CT molecular complexity index is 905. The van der Waals surface area contributed by atoms with Gasteiger partial charge in [0.15, 0.2) is 0 Å². The van der Waals surface area contributed by atoms with E-state index in [9.17, 15) is 9.90 Å². The van der Waals surface area contributed by atoms with Crippen molar-refractivity contribution in [3.05, 3.63) is 96.1 Å². The lowest BCUT2D eigenvalue weighted by Crippen LogP contribution is -2.47. The second kappa shape index (κ2) is 11.3. The molecule has 30 heavy (non-hydrogen) atoms. The van der Waals surface area contributed by atoms with Gasteiger partial charge in [-0.2, -0.15) is 0 Å². The summed E-state index contributed by atoms with van der Waals surface area (Å²) < 4.78 is 0. The summed E-state index contributed by atoms with van der Waals surface area (Å²) in [6.07, 6.45) is -1.59. The summed E-state index contributed by atoms with van der Waals surface area (Å²) in [6, 6.07) is 27.3. The second-order valence-corrected chi connectivity index (χ2v) is 8.04. The van der Waals surface area contributed by atoms with E-state index in [0.29, 0.717) is 6.42 Å². The lowest BCUT2D eigenvalue weighted by atomic mass is 10.0. The van der Waals surface area contributed by atoms with Crippen LogP contribution in [0, 0.1) is 0 Å². The number of nitrogens with one attached hydrogen (secondary N) is 2. The summed E-state index contributed by atoms with van der Waals surface area (Å²) in [7, 11) is 0. The Labute approximate surface area is 181 Å². The number of carbonyl (C=O) groups is 1. The third kappa shape index (κ3) is 7.13. The van der Waals surface area contributed by atoms with Gasteiger partial charge >= 0.3 is 6.09 Å². The molecule has 0 spiro atoms. The molecule has 6 heteroatoms. The van der Waals surface area contributed by atoms with Gasteiger partial charge in [0.25, 0.3) is 0 Å². The van der Waals surface area contributed by atoms with Crippen LogP contribution in [0.4, 0.5) is 10.5 Å². The summed E-state index contributed by atoms with van der Waals surface area (Å²) in [5.41, 5.74) is 3.13. The molecule has 3 aromatic rings. The minimum atomic E-state index is -1.14. The Morgan fingerprint density at radius 1 is 0.867 bits per heavy atom. The normalized spacial score (nSPS) is 12.7. The Kier molecular flexibility index (Phi) is 8.18. The lowest BCUT2D eigenvalue weighted by Gasteiger charge is -2.23. The molecule has 2 atom stereocenters. The van der Waals surface area contributed by atoms with Crippen LogP contribution in [-0.2, 0) is 12.2 Å². The van der Waals surface area contributed by atoms with Crippen LogP contribution in [0.15, 0.2) is 89.8 Å². The second-order valence-electron chi connectivity index (χ2n) is 6.99. The summed E-state index contributed by atoms with van der Waals surface area (Å²) in [4.78, 5) is 12.3. The minimum absolute atomic E-state index is 0.244. The van der Waals surface area contributed by atoms with Crippen LogP contribution in [-0.4, -0.2) is 35.0 Å². The van der Waals surface area contributed by atoms with Gasteiger partial charge in [-0.1, -0.05) is 60.7 Å². The SMILES string of the molecule is O=C(O)NC(Cc1ccccc1)[C@@H](O)CNc1ccc(SCc2ccccc2)cc1. The maximum absolute atomic E-state index is 11.1. The standard InChI is InChI=1S/C24H26N2O3S/c27-23(22(26-24(28)29)15-18-7-3-1-4-8-18)16-25-20-11-13-21(14-12-20)30-17-19-9-5-2-6-10-19/h1-14,22-23,25-27H,15-17H2,(H,28,29)/t22?,23-/m0/s1. The molecule has 4 N–H and O–H groups in total. The number of thioether (sulfide) groups is 1. The van der Waals surface area contributed by atoms with Gasteiger partial charge in [0.2, 0.25) is 0 Å². The van der Waals surface area contributed by atoms with E-state index < -0.39 is 18.2 Å². The number of hydrogen-bond acceptors (Lipinski definition) is 4. The molecule has 0 radical (unpaired) electrons. The highest BCUT2D eigenvalue weighted by Gasteiger charge is 2.21. The molecule has 156 valence electrons. The van der Waals surface area contributed by atoms with Crippen molar-refractivity contribution in [3.63, 3.8) is 0 Å². The smallest absolute Gasteiger partial charge is 0.404 e. The molecule has 0 saturated carbocycles. The Morgan fingerprint density at radius 3 is 2.07 bits per heavy atom. The first-order valence-electron chi connectivity index (χ1n) is 9.82. The molecule has 0 aromatic heterocycles. The number of rotatable bonds is 10. The van der Waals surface area contributed by atoms with E-state index in [1.54, 1.807) is 11.8 Å². The molecule has 5 nitrogen and oxygen atoms in total. The van der Waals surface area contributed by atoms with Crippen LogP contribution in [0.25, 0.3) is 0 Å². The highest BCUT2D eigenvalue weighted by molar-refractivity contribution is 7.98. The molecular weight excluding hydrogens is 396 g/mol. The first-order valence-corrected chi connectivity index (χ1v) is 10.8. The zero-order valence-electron chi connectivity index (χ0n) is 16.6. The quantitative estimate of drug-likeness (QED) is 0.358. The van der Waals surface area contributed by atoms with E-state index in [1.807, 2.05) is 72.8 Å². The van der Waals surface area contributed by atoms with Crippen molar-refractivity contribution in [3.8, 4) is 0 Å². The van der Waals surface area contributed by atoms with Gasteiger partial charge in [0, 0.05) is 22.9 Å². The Balaban J connectivity index is 1.51. The largest absolute Gasteiger partial charge is 0.465 e. The molecule has 0 saturated heterocycles. The third-order valence-electron chi connectivity index (χ3n) is 4.69. The highest BCUT2D eigenvalue weighted by atomic mass is 32.2. The molecule has 0 aliphatic heterocycles. The van der Waals surface area contributed by atoms with Crippen molar-refractivity contribution in [2.45, 2.75) is 29.2 Å². The van der Waals surface area contributed by atoms with Crippen LogP contribution in [0.1, 0.15) is 11.1 Å². The average molecular weight is 423 g/mol. The molecule has 0 heterocycles. The highest BCUT2D eigenvalue weighted by Crippen LogP contribution is 2.24.